The number of rotatable bonds is 4. The molecule has 18 heavy (non-hydrogen) atoms. The Morgan fingerprint density at radius 3 is 2.17 bits per heavy atom. The number of Topliss-reactive ketones (excluding diaryl/α,β-unsaturated/α-hetero) is 1. The highest BCUT2D eigenvalue weighted by molar-refractivity contribution is 5.94. The quantitative estimate of drug-likeness (QED) is 0.754. The lowest BCUT2D eigenvalue weighted by molar-refractivity contribution is 0.101. The summed E-state index contributed by atoms with van der Waals surface area (Å²) in [6.45, 7) is 3.57. The molecule has 0 fully saturated rings. The minimum absolute atomic E-state index is 0.00521. The molecule has 0 radical (unpaired) electrons. The van der Waals surface area contributed by atoms with Crippen LogP contribution >= 0.6 is 0 Å². The first kappa shape index (κ1) is 12.4. The van der Waals surface area contributed by atoms with E-state index >= 15 is 0 Å². The van der Waals surface area contributed by atoms with Crippen LogP contribution in [0.15, 0.2) is 54.6 Å². The summed E-state index contributed by atoms with van der Waals surface area (Å²) in [5.41, 5.74) is 1.84. The predicted octanol–water partition coefficient (Wildman–Crippen LogP) is 4.03. The van der Waals surface area contributed by atoms with Crippen LogP contribution in [0.3, 0.4) is 0 Å². The van der Waals surface area contributed by atoms with Crippen molar-refractivity contribution < 1.29 is 9.53 Å². The van der Waals surface area contributed by atoms with Crippen LogP contribution in [-0.2, 0) is 0 Å². The van der Waals surface area contributed by atoms with Crippen molar-refractivity contribution in [1.29, 1.82) is 0 Å². The van der Waals surface area contributed by atoms with Gasteiger partial charge in [-0.3, -0.25) is 4.79 Å². The van der Waals surface area contributed by atoms with E-state index < -0.39 is 0 Å². The Hall–Kier alpha value is -2.09. The van der Waals surface area contributed by atoms with Gasteiger partial charge in [0, 0.05) is 5.56 Å². The Labute approximate surface area is 107 Å². The molecule has 1 unspecified atom stereocenters. The van der Waals surface area contributed by atoms with Gasteiger partial charge >= 0.3 is 0 Å². The summed E-state index contributed by atoms with van der Waals surface area (Å²) in [6, 6.07) is 17.3. The Morgan fingerprint density at radius 1 is 1.00 bits per heavy atom. The number of carbonyl (C=O) groups is 1. The number of ether oxygens (including phenoxy) is 1. The van der Waals surface area contributed by atoms with Crippen molar-refractivity contribution in [2.24, 2.45) is 0 Å². The van der Waals surface area contributed by atoms with Gasteiger partial charge in [0.25, 0.3) is 0 Å². The van der Waals surface area contributed by atoms with E-state index in [0.717, 1.165) is 11.3 Å². The van der Waals surface area contributed by atoms with E-state index in [1.807, 2.05) is 49.4 Å². The predicted molar refractivity (Wildman–Crippen MR) is 71.9 cm³/mol. The maximum absolute atomic E-state index is 11.2. The fraction of sp³-hybridized carbons (Fsp3) is 0.188. The van der Waals surface area contributed by atoms with Crippen LogP contribution in [0, 0.1) is 0 Å². The SMILES string of the molecule is CC(=O)c1ccc(OC(C)c2ccccc2)cc1. The molecule has 0 aliphatic heterocycles. The molecule has 92 valence electrons. The highest BCUT2D eigenvalue weighted by atomic mass is 16.5. The van der Waals surface area contributed by atoms with Gasteiger partial charge in [0.05, 0.1) is 0 Å². The molecule has 2 aromatic carbocycles. The molecule has 0 heterocycles. The molecule has 0 aliphatic carbocycles. The van der Waals surface area contributed by atoms with E-state index in [1.165, 1.54) is 0 Å². The van der Waals surface area contributed by atoms with Crippen molar-refractivity contribution in [3.05, 3.63) is 65.7 Å². The fourth-order valence-electron chi connectivity index (χ4n) is 1.76. The molecule has 2 nitrogen and oxygen atoms in total. The summed E-state index contributed by atoms with van der Waals surface area (Å²) < 4.78 is 5.82. The highest BCUT2D eigenvalue weighted by Crippen LogP contribution is 2.21. The highest BCUT2D eigenvalue weighted by Gasteiger charge is 2.06. The number of hydrogen-bond acceptors (Lipinski definition) is 2. The van der Waals surface area contributed by atoms with Gasteiger partial charge in [-0.25, -0.2) is 0 Å². The molecule has 0 aromatic heterocycles. The van der Waals surface area contributed by atoms with Crippen molar-refractivity contribution in [2.75, 3.05) is 0 Å². The first-order valence-electron chi connectivity index (χ1n) is 5.99. The van der Waals surface area contributed by atoms with Gasteiger partial charge in [-0.1, -0.05) is 30.3 Å². The zero-order valence-electron chi connectivity index (χ0n) is 10.6. The molecule has 0 bridgehead atoms. The number of hydrogen-bond donors (Lipinski definition) is 0. The Morgan fingerprint density at radius 2 is 1.61 bits per heavy atom. The molecule has 1 atom stereocenters. The third-order valence-corrected chi connectivity index (χ3v) is 2.84. The van der Waals surface area contributed by atoms with Gasteiger partial charge in [0.1, 0.15) is 11.9 Å². The van der Waals surface area contributed by atoms with Crippen LogP contribution in [0.5, 0.6) is 5.75 Å². The molecule has 0 amide bonds. The maximum Gasteiger partial charge on any atom is 0.159 e. The summed E-state index contributed by atoms with van der Waals surface area (Å²) in [5.74, 6) is 0.842. The summed E-state index contributed by atoms with van der Waals surface area (Å²) in [4.78, 5) is 11.2. The van der Waals surface area contributed by atoms with E-state index in [2.05, 4.69) is 0 Å². The largest absolute Gasteiger partial charge is 0.486 e. The van der Waals surface area contributed by atoms with E-state index in [1.54, 1.807) is 19.1 Å². The second-order valence-electron chi connectivity index (χ2n) is 4.25. The minimum atomic E-state index is -0.00521. The molecular formula is C16H16O2. The lowest BCUT2D eigenvalue weighted by Gasteiger charge is -2.15. The fourth-order valence-corrected chi connectivity index (χ4v) is 1.76. The maximum atomic E-state index is 11.2. The van der Waals surface area contributed by atoms with Crippen molar-refractivity contribution in [3.63, 3.8) is 0 Å². The van der Waals surface area contributed by atoms with Gasteiger partial charge in [0.2, 0.25) is 0 Å². The van der Waals surface area contributed by atoms with Crippen LogP contribution in [0.1, 0.15) is 35.9 Å². The normalized spacial score (nSPS) is 11.9. The molecule has 2 rings (SSSR count). The first-order chi connectivity index (χ1) is 8.66. The lowest BCUT2D eigenvalue weighted by atomic mass is 10.1. The van der Waals surface area contributed by atoms with Crippen molar-refractivity contribution in [1.82, 2.24) is 0 Å². The number of carbonyl (C=O) groups excluding carboxylic acids is 1. The average molecular weight is 240 g/mol. The molecule has 2 heteroatoms. The van der Waals surface area contributed by atoms with Crippen molar-refractivity contribution in [2.45, 2.75) is 20.0 Å². The zero-order chi connectivity index (χ0) is 13.0. The van der Waals surface area contributed by atoms with Gasteiger partial charge < -0.3 is 4.74 Å². The van der Waals surface area contributed by atoms with Crippen LogP contribution < -0.4 is 4.74 Å². The summed E-state index contributed by atoms with van der Waals surface area (Å²) in [7, 11) is 0. The van der Waals surface area contributed by atoms with Crippen LogP contribution in [0.25, 0.3) is 0 Å². The van der Waals surface area contributed by atoms with E-state index in [0.29, 0.717) is 5.56 Å². The lowest BCUT2D eigenvalue weighted by Crippen LogP contribution is -2.03. The van der Waals surface area contributed by atoms with E-state index in [4.69, 9.17) is 4.74 Å². The topological polar surface area (TPSA) is 26.3 Å². The molecular weight excluding hydrogens is 224 g/mol. The molecule has 0 spiro atoms. The Kier molecular flexibility index (Phi) is 3.78. The summed E-state index contributed by atoms with van der Waals surface area (Å²) >= 11 is 0. The second-order valence-corrected chi connectivity index (χ2v) is 4.25. The van der Waals surface area contributed by atoms with Crippen LogP contribution in [0.2, 0.25) is 0 Å². The second kappa shape index (κ2) is 5.50. The third-order valence-electron chi connectivity index (χ3n) is 2.84. The zero-order valence-corrected chi connectivity index (χ0v) is 10.6. The van der Waals surface area contributed by atoms with Gasteiger partial charge in [-0.05, 0) is 43.7 Å². The van der Waals surface area contributed by atoms with Crippen molar-refractivity contribution in [3.8, 4) is 5.75 Å². The molecule has 0 N–H and O–H groups in total. The van der Waals surface area contributed by atoms with E-state index in [9.17, 15) is 4.79 Å². The van der Waals surface area contributed by atoms with Crippen molar-refractivity contribution >= 4 is 5.78 Å². The molecule has 0 saturated heterocycles. The van der Waals surface area contributed by atoms with Gasteiger partial charge in [-0.15, -0.1) is 0 Å². The average Bonchev–Trinajstić information content (AvgIpc) is 2.40. The van der Waals surface area contributed by atoms with Crippen LogP contribution in [0.4, 0.5) is 0 Å². The first-order valence-corrected chi connectivity index (χ1v) is 5.99. The third kappa shape index (κ3) is 2.98. The molecule has 0 aliphatic rings. The van der Waals surface area contributed by atoms with E-state index in [-0.39, 0.29) is 11.9 Å². The minimum Gasteiger partial charge on any atom is -0.486 e. The Bertz CT molecular complexity index is 515. The summed E-state index contributed by atoms with van der Waals surface area (Å²) in [5, 5.41) is 0. The number of benzene rings is 2. The standard InChI is InChI=1S/C16H16O2/c1-12(17)14-8-10-16(11-9-14)18-13(2)15-6-4-3-5-7-15/h3-11,13H,1-2H3. The Balaban J connectivity index is 2.08. The monoisotopic (exact) mass is 240 g/mol. The van der Waals surface area contributed by atoms with Crippen LogP contribution in [-0.4, -0.2) is 5.78 Å². The smallest absolute Gasteiger partial charge is 0.159 e. The summed E-state index contributed by atoms with van der Waals surface area (Å²) in [6.07, 6.45) is -0.00521. The van der Waals surface area contributed by atoms with Gasteiger partial charge in [0.15, 0.2) is 5.78 Å². The molecule has 0 saturated carbocycles. The molecule has 2 aromatic rings. The number of ketones is 1. The van der Waals surface area contributed by atoms with Gasteiger partial charge in [-0.2, -0.15) is 0 Å².